The topological polar surface area (TPSA) is 89.3 Å². The van der Waals surface area contributed by atoms with Crippen LogP contribution < -0.4 is 11.1 Å². The highest BCUT2D eigenvalue weighted by Gasteiger charge is 2.27. The molecule has 0 spiro atoms. The van der Waals surface area contributed by atoms with Crippen LogP contribution in [0.2, 0.25) is 0 Å². The monoisotopic (exact) mass is 266 g/mol. The smallest absolute Gasteiger partial charge is 0.238 e. The quantitative estimate of drug-likeness (QED) is 0.675. The molecule has 1 amide bonds. The van der Waals surface area contributed by atoms with E-state index in [0.29, 0.717) is 0 Å². The lowest BCUT2D eigenvalue weighted by molar-refractivity contribution is -0.120. The number of hydrogen-bond donors (Lipinski definition) is 2. The molecule has 0 aliphatic carbocycles. The van der Waals surface area contributed by atoms with Gasteiger partial charge in [0.1, 0.15) is 5.25 Å². The number of carbonyl (C=O) groups excluding carboxylic acids is 1. The van der Waals surface area contributed by atoms with Crippen LogP contribution in [0.4, 0.5) is 0 Å². The van der Waals surface area contributed by atoms with Gasteiger partial charge >= 0.3 is 0 Å². The van der Waals surface area contributed by atoms with Crippen molar-refractivity contribution < 1.29 is 13.2 Å². The van der Waals surface area contributed by atoms with E-state index in [1.807, 2.05) is 13.8 Å². The number of nitrogens with one attached hydrogen (secondary N) is 1. The van der Waals surface area contributed by atoms with Gasteiger partial charge in [0.05, 0.1) is 11.0 Å². The first-order valence-electron chi connectivity index (χ1n) is 4.86. The Bertz CT molecular complexity index is 376. The number of carbonyl (C=O) groups is 1. The van der Waals surface area contributed by atoms with Gasteiger partial charge in [0.15, 0.2) is 9.84 Å². The minimum absolute atomic E-state index is 0.0215. The van der Waals surface area contributed by atoms with E-state index in [1.54, 1.807) is 0 Å². The summed E-state index contributed by atoms with van der Waals surface area (Å²) in [5.74, 6) is -0.554. The van der Waals surface area contributed by atoms with E-state index >= 15 is 0 Å². The molecule has 0 saturated heterocycles. The van der Waals surface area contributed by atoms with Crippen LogP contribution in [0.3, 0.4) is 0 Å². The number of nitrogens with two attached hydrogens (primary N) is 1. The summed E-state index contributed by atoms with van der Waals surface area (Å²) in [6, 6.07) is -0.480. The van der Waals surface area contributed by atoms with Gasteiger partial charge in [0.2, 0.25) is 5.91 Å². The van der Waals surface area contributed by atoms with Gasteiger partial charge in [0.25, 0.3) is 0 Å². The number of hydrogen-bond acceptors (Lipinski definition) is 4. The minimum atomic E-state index is -3.40. The van der Waals surface area contributed by atoms with Crippen molar-refractivity contribution in [2.24, 2.45) is 11.7 Å². The fraction of sp³-hybridized carbons (Fsp3) is 0.778. The lowest BCUT2D eigenvalue weighted by Gasteiger charge is -2.22. The van der Waals surface area contributed by atoms with E-state index in [4.69, 9.17) is 18.0 Å². The van der Waals surface area contributed by atoms with Gasteiger partial charge in [-0.15, -0.1) is 0 Å². The molecule has 0 aromatic carbocycles. The van der Waals surface area contributed by atoms with Crippen LogP contribution in [0.5, 0.6) is 0 Å². The van der Waals surface area contributed by atoms with Crippen LogP contribution in [0.1, 0.15) is 20.8 Å². The maximum Gasteiger partial charge on any atom is 0.238 e. The van der Waals surface area contributed by atoms with Crippen molar-refractivity contribution in [1.82, 2.24) is 5.32 Å². The first-order chi connectivity index (χ1) is 7.07. The van der Waals surface area contributed by atoms with Crippen molar-refractivity contribution in [1.29, 1.82) is 0 Å². The highest BCUT2D eigenvalue weighted by Crippen LogP contribution is 2.05. The third-order valence-electron chi connectivity index (χ3n) is 2.28. The van der Waals surface area contributed by atoms with Gasteiger partial charge < -0.3 is 11.1 Å². The van der Waals surface area contributed by atoms with Gasteiger partial charge in [-0.3, -0.25) is 4.79 Å². The Morgan fingerprint density at radius 3 is 2.00 bits per heavy atom. The SMILES string of the molecule is CC(C)C(NC(=O)C(C)S(C)(=O)=O)C(N)=S. The second-order valence-corrected chi connectivity index (χ2v) is 6.94. The second-order valence-electron chi connectivity index (χ2n) is 4.10. The van der Waals surface area contributed by atoms with Crippen LogP contribution in [0.15, 0.2) is 0 Å². The number of thiocarbonyl (C=S) groups is 1. The molecule has 0 rings (SSSR count). The lowest BCUT2D eigenvalue weighted by atomic mass is 10.0. The molecule has 0 saturated carbocycles. The van der Waals surface area contributed by atoms with Gasteiger partial charge in [-0.25, -0.2) is 8.42 Å². The zero-order valence-electron chi connectivity index (χ0n) is 9.85. The second kappa shape index (κ2) is 5.58. The lowest BCUT2D eigenvalue weighted by Crippen LogP contribution is -2.50. The Morgan fingerprint density at radius 2 is 1.75 bits per heavy atom. The molecule has 0 aromatic heterocycles. The van der Waals surface area contributed by atoms with E-state index in [0.717, 1.165) is 6.26 Å². The van der Waals surface area contributed by atoms with Gasteiger partial charge in [-0.2, -0.15) is 0 Å². The molecular weight excluding hydrogens is 248 g/mol. The molecule has 2 unspecified atom stereocenters. The molecule has 3 N–H and O–H groups in total. The fourth-order valence-electron chi connectivity index (χ4n) is 1.03. The average Bonchev–Trinajstić information content (AvgIpc) is 2.09. The summed E-state index contributed by atoms with van der Waals surface area (Å²) in [4.78, 5) is 11.8. The molecule has 0 aliphatic heterocycles. The van der Waals surface area contributed by atoms with Gasteiger partial charge in [-0.05, 0) is 12.8 Å². The fourth-order valence-corrected chi connectivity index (χ4v) is 1.82. The summed E-state index contributed by atoms with van der Waals surface area (Å²) >= 11 is 4.81. The summed E-state index contributed by atoms with van der Waals surface area (Å²) in [5.41, 5.74) is 5.46. The Balaban J connectivity index is 4.73. The third kappa shape index (κ3) is 4.44. The molecule has 0 bridgehead atoms. The van der Waals surface area contributed by atoms with E-state index < -0.39 is 27.0 Å². The van der Waals surface area contributed by atoms with Crippen molar-refractivity contribution in [3.63, 3.8) is 0 Å². The molecule has 0 aromatic rings. The minimum Gasteiger partial charge on any atom is -0.392 e. The molecule has 0 radical (unpaired) electrons. The maximum absolute atomic E-state index is 11.6. The molecule has 7 heteroatoms. The molecule has 5 nitrogen and oxygen atoms in total. The highest BCUT2D eigenvalue weighted by molar-refractivity contribution is 7.92. The largest absolute Gasteiger partial charge is 0.392 e. The molecular formula is C9H18N2O3S2. The predicted octanol–water partition coefficient (Wildman–Crippen LogP) is -0.154. The molecule has 0 fully saturated rings. The Kier molecular flexibility index (Phi) is 5.34. The predicted molar refractivity (Wildman–Crippen MR) is 67.9 cm³/mol. The van der Waals surface area contributed by atoms with Crippen LogP contribution in [0, 0.1) is 5.92 Å². The van der Waals surface area contributed by atoms with Crippen molar-refractivity contribution in [2.75, 3.05) is 6.26 Å². The van der Waals surface area contributed by atoms with Crippen molar-refractivity contribution in [2.45, 2.75) is 32.1 Å². The van der Waals surface area contributed by atoms with Crippen molar-refractivity contribution in [3.05, 3.63) is 0 Å². The first kappa shape index (κ1) is 15.3. The maximum atomic E-state index is 11.6. The normalized spacial score (nSPS) is 15.6. The van der Waals surface area contributed by atoms with Gasteiger partial charge in [0, 0.05) is 6.26 Å². The first-order valence-corrected chi connectivity index (χ1v) is 7.22. The molecule has 16 heavy (non-hydrogen) atoms. The summed E-state index contributed by atoms with van der Waals surface area (Å²) in [6.45, 7) is 5.02. The summed E-state index contributed by atoms with van der Waals surface area (Å²) in [5, 5.41) is 1.44. The van der Waals surface area contributed by atoms with E-state index in [1.165, 1.54) is 6.92 Å². The average molecular weight is 266 g/mol. The standard InChI is InChI=1S/C9H18N2O3S2/c1-5(2)7(8(10)15)11-9(12)6(3)16(4,13)14/h5-7H,1-4H3,(H2,10,15)(H,11,12). The molecule has 0 aliphatic rings. The van der Waals surface area contributed by atoms with E-state index in [2.05, 4.69) is 5.32 Å². The van der Waals surface area contributed by atoms with Crippen molar-refractivity contribution in [3.8, 4) is 0 Å². The summed E-state index contributed by atoms with van der Waals surface area (Å²) in [6.07, 6.45) is 1.02. The molecule has 0 heterocycles. The molecule has 94 valence electrons. The Morgan fingerprint density at radius 1 is 1.31 bits per heavy atom. The van der Waals surface area contributed by atoms with Gasteiger partial charge in [-0.1, -0.05) is 26.1 Å². The molecule has 2 atom stereocenters. The summed E-state index contributed by atoms with van der Waals surface area (Å²) < 4.78 is 22.3. The van der Waals surface area contributed by atoms with E-state index in [-0.39, 0.29) is 10.9 Å². The summed E-state index contributed by atoms with van der Waals surface area (Å²) in [7, 11) is -3.40. The van der Waals surface area contributed by atoms with E-state index in [9.17, 15) is 13.2 Å². The zero-order chi connectivity index (χ0) is 13.1. The number of rotatable bonds is 5. The number of amides is 1. The number of sulfone groups is 1. The highest BCUT2D eigenvalue weighted by atomic mass is 32.2. The Hall–Kier alpha value is -0.690. The van der Waals surface area contributed by atoms with Crippen LogP contribution in [0.25, 0.3) is 0 Å². The van der Waals surface area contributed by atoms with Crippen molar-refractivity contribution >= 4 is 33.0 Å². The zero-order valence-corrected chi connectivity index (χ0v) is 11.5. The van der Waals surface area contributed by atoms with Crippen LogP contribution >= 0.6 is 12.2 Å². The third-order valence-corrected chi connectivity index (χ3v) is 4.03. The Labute approximate surface area is 102 Å². The van der Waals surface area contributed by atoms with Crippen LogP contribution in [-0.2, 0) is 14.6 Å². The van der Waals surface area contributed by atoms with Crippen LogP contribution in [-0.4, -0.2) is 36.9 Å².